The third-order valence-corrected chi connectivity index (χ3v) is 14.4. The molecular formula is C44H58O17. The minimum Gasteiger partial charge on any atom is -0.502 e. The standard InChI is InChI=1S/C44H58O17/c1-43-13-11-23(46)17-22(43)6-7-24-25-8-9-27(44(25,2)14-12-26(24)43)28(47)19-58-41-39(54)37(52)40(61-42-38(53)36(51)35(50)31(18-45)59-42)32(60-41)20-57-33(48)10-5-21-15-29(55-3)34(49)30(16-21)56-4/h5-7,10,15-17,24-27,31-32,35-42,45,49-54H,8-9,11-14,18-20H2,1-4H3/b10-5+/t24-,25-,26-,27+,31+,32+,35+,36-,37+,38+,39+,40+,41+,42-,43-,44-/m0/s1. The number of ether oxygens (including phenoxy) is 7. The number of Topliss-reactive ketones (excluding diaryl/α,β-unsaturated/α-hetero) is 1. The third-order valence-electron chi connectivity index (χ3n) is 14.4. The summed E-state index contributed by atoms with van der Waals surface area (Å²) in [6, 6.07) is 2.91. The Morgan fingerprint density at radius 2 is 1.56 bits per heavy atom. The minimum atomic E-state index is -1.87. The van der Waals surface area contributed by atoms with Gasteiger partial charge in [-0.1, -0.05) is 26.0 Å². The van der Waals surface area contributed by atoms with Crippen LogP contribution in [0.2, 0.25) is 0 Å². The first kappa shape index (κ1) is 45.3. The van der Waals surface area contributed by atoms with Gasteiger partial charge in [0.05, 0.1) is 20.8 Å². The number of aliphatic hydroxyl groups is 6. The number of fused-ring (bicyclic) bond motifs is 5. The van der Waals surface area contributed by atoms with Crippen LogP contribution in [0.1, 0.15) is 57.9 Å². The van der Waals surface area contributed by atoms with Gasteiger partial charge >= 0.3 is 5.97 Å². The third kappa shape index (κ3) is 8.54. The van der Waals surface area contributed by atoms with E-state index >= 15 is 0 Å². The second kappa shape index (κ2) is 18.2. The van der Waals surface area contributed by atoms with Gasteiger partial charge in [-0.15, -0.1) is 0 Å². The molecule has 2 heterocycles. The quantitative estimate of drug-likeness (QED) is 0.108. The Bertz CT molecular complexity index is 1870. The van der Waals surface area contributed by atoms with Crippen LogP contribution in [0.3, 0.4) is 0 Å². The first-order valence-electron chi connectivity index (χ1n) is 20.9. The fraction of sp³-hybridized carbons (Fsp3) is 0.659. The van der Waals surface area contributed by atoms with Crippen LogP contribution in [0.15, 0.2) is 42.0 Å². The Kier molecular flexibility index (Phi) is 13.5. The maximum atomic E-state index is 14.1. The van der Waals surface area contributed by atoms with Crippen LogP contribution in [0.25, 0.3) is 6.08 Å². The van der Waals surface area contributed by atoms with E-state index in [1.807, 2.05) is 0 Å². The molecule has 0 radical (unpaired) electrons. The van der Waals surface area contributed by atoms with Crippen LogP contribution in [0.4, 0.5) is 0 Å². The Hall–Kier alpha value is -3.75. The summed E-state index contributed by atoms with van der Waals surface area (Å²) in [6.07, 6.45) is -3.64. The van der Waals surface area contributed by atoms with Crippen molar-refractivity contribution in [3.05, 3.63) is 47.6 Å². The van der Waals surface area contributed by atoms with Gasteiger partial charge in [0.1, 0.15) is 62.0 Å². The van der Waals surface area contributed by atoms with Crippen LogP contribution in [0.5, 0.6) is 17.2 Å². The number of carbonyl (C=O) groups excluding carboxylic acids is 3. The van der Waals surface area contributed by atoms with Crippen LogP contribution in [-0.4, -0.2) is 149 Å². The van der Waals surface area contributed by atoms with Crippen molar-refractivity contribution in [3.8, 4) is 17.2 Å². The number of carbonyl (C=O) groups is 3. The number of aromatic hydroxyl groups is 1. The number of hydrogen-bond acceptors (Lipinski definition) is 17. The molecule has 1 aromatic rings. The number of allylic oxidation sites excluding steroid dienone is 4. The van der Waals surface area contributed by atoms with Gasteiger partial charge in [0.25, 0.3) is 0 Å². The van der Waals surface area contributed by atoms with Crippen molar-refractivity contribution in [1.29, 1.82) is 0 Å². The van der Waals surface area contributed by atoms with E-state index in [9.17, 15) is 50.1 Å². The van der Waals surface area contributed by atoms with Crippen LogP contribution >= 0.6 is 0 Å². The van der Waals surface area contributed by atoms with Crippen molar-refractivity contribution in [3.63, 3.8) is 0 Å². The second-order valence-corrected chi connectivity index (χ2v) is 17.6. The average molecular weight is 859 g/mol. The molecule has 4 fully saturated rings. The van der Waals surface area contributed by atoms with E-state index in [1.54, 1.807) is 6.08 Å². The van der Waals surface area contributed by atoms with Gasteiger partial charge in [-0.25, -0.2) is 4.79 Å². The fourth-order valence-corrected chi connectivity index (χ4v) is 10.9. The van der Waals surface area contributed by atoms with Crippen molar-refractivity contribution < 1.29 is 83.3 Å². The molecule has 0 unspecified atom stereocenters. The molecule has 1 aromatic carbocycles. The SMILES string of the molecule is COc1cc(/C=C/C(=O)OC[C@H]2O[C@@H](OCC(=O)[C@H]3CC[C@H]4[C@@H]5C=CC6=CC(=O)CC[C@]6(C)[C@H]5CC[C@]34C)[C@H](O)[C@@H](O)[C@@H]2O[C@@H]2O[C@H](CO)[C@@H](O)[C@H](O)[C@H]2O)cc(OC)c1O. The summed E-state index contributed by atoms with van der Waals surface area (Å²) in [6.45, 7) is 2.60. The van der Waals surface area contributed by atoms with Crippen molar-refractivity contribution in [2.45, 2.75) is 114 Å². The van der Waals surface area contributed by atoms with Gasteiger partial charge in [-0.3, -0.25) is 9.59 Å². The predicted molar refractivity (Wildman–Crippen MR) is 212 cm³/mol. The summed E-state index contributed by atoms with van der Waals surface area (Å²) in [5.41, 5.74) is 1.11. The minimum absolute atomic E-state index is 0.0876. The lowest BCUT2D eigenvalue weighted by Gasteiger charge is -2.55. The van der Waals surface area contributed by atoms with Gasteiger partial charge in [0.15, 0.2) is 35.6 Å². The molecular weight excluding hydrogens is 800 g/mol. The molecule has 0 aromatic heterocycles. The van der Waals surface area contributed by atoms with Gasteiger partial charge in [0, 0.05) is 18.4 Å². The van der Waals surface area contributed by atoms with E-state index in [0.29, 0.717) is 24.3 Å². The zero-order valence-corrected chi connectivity index (χ0v) is 34.7. The largest absolute Gasteiger partial charge is 0.502 e. The average Bonchev–Trinajstić information content (AvgIpc) is 3.61. The molecule has 7 N–H and O–H groups in total. The maximum absolute atomic E-state index is 14.1. The first-order valence-corrected chi connectivity index (χ1v) is 20.9. The second-order valence-electron chi connectivity index (χ2n) is 17.6. The Balaban J connectivity index is 1.04. The number of phenolic OH excluding ortho intramolecular Hbond substituents is 1. The smallest absolute Gasteiger partial charge is 0.330 e. The highest BCUT2D eigenvalue weighted by molar-refractivity contribution is 5.92. The number of phenols is 1. The molecule has 0 spiro atoms. The number of aliphatic hydroxyl groups excluding tert-OH is 6. The summed E-state index contributed by atoms with van der Waals surface area (Å²) >= 11 is 0. The molecule has 4 aliphatic carbocycles. The molecule has 6 aliphatic rings. The lowest BCUT2D eigenvalue weighted by atomic mass is 9.48. The molecule has 17 heteroatoms. The van der Waals surface area contributed by atoms with E-state index in [1.165, 1.54) is 32.4 Å². The van der Waals surface area contributed by atoms with E-state index in [2.05, 4.69) is 26.0 Å². The topological polar surface area (TPSA) is 257 Å². The van der Waals surface area contributed by atoms with E-state index < -0.39 is 87.2 Å². The van der Waals surface area contributed by atoms with Gasteiger partial charge < -0.3 is 68.9 Å². The molecule has 2 saturated carbocycles. The van der Waals surface area contributed by atoms with Crippen molar-refractivity contribution in [2.75, 3.05) is 34.0 Å². The lowest BCUT2D eigenvalue weighted by Crippen LogP contribution is -2.65. The maximum Gasteiger partial charge on any atom is 0.330 e. The normalized spacial score (nSPS) is 40.8. The molecule has 336 valence electrons. The number of benzene rings is 1. The Labute approximate surface area is 353 Å². The van der Waals surface area contributed by atoms with Crippen LogP contribution < -0.4 is 9.47 Å². The number of rotatable bonds is 13. The summed E-state index contributed by atoms with van der Waals surface area (Å²) in [5.74, 6) is -0.427. The van der Waals surface area contributed by atoms with Crippen LogP contribution in [0, 0.1) is 34.5 Å². The fourth-order valence-electron chi connectivity index (χ4n) is 10.9. The summed E-state index contributed by atoms with van der Waals surface area (Å²) < 4.78 is 39.0. The van der Waals surface area contributed by atoms with E-state index in [-0.39, 0.29) is 57.4 Å². The molecule has 0 bridgehead atoms. The highest BCUT2D eigenvalue weighted by atomic mass is 16.7. The molecule has 2 aliphatic heterocycles. The van der Waals surface area contributed by atoms with Gasteiger partial charge in [0.2, 0.25) is 5.75 Å². The monoisotopic (exact) mass is 858 g/mol. The predicted octanol–water partition coefficient (Wildman–Crippen LogP) is 1.11. The zero-order valence-electron chi connectivity index (χ0n) is 34.7. The molecule has 0 amide bonds. The number of methoxy groups -OCH3 is 2. The number of ketones is 2. The summed E-state index contributed by atoms with van der Waals surface area (Å²) in [7, 11) is 2.69. The number of hydrogen-bond donors (Lipinski definition) is 7. The van der Waals surface area contributed by atoms with Crippen molar-refractivity contribution in [1.82, 2.24) is 0 Å². The zero-order chi connectivity index (χ0) is 44.0. The highest BCUT2D eigenvalue weighted by Gasteiger charge is 2.59. The van der Waals surface area contributed by atoms with E-state index in [0.717, 1.165) is 37.3 Å². The van der Waals surface area contributed by atoms with E-state index in [4.69, 9.17) is 33.2 Å². The number of esters is 1. The highest BCUT2D eigenvalue weighted by Crippen LogP contribution is 2.65. The first-order chi connectivity index (χ1) is 29.0. The Morgan fingerprint density at radius 3 is 2.25 bits per heavy atom. The summed E-state index contributed by atoms with van der Waals surface area (Å²) in [4.78, 5) is 39.3. The summed E-state index contributed by atoms with van der Waals surface area (Å²) in [5, 5.41) is 74.0. The Morgan fingerprint density at radius 1 is 0.869 bits per heavy atom. The van der Waals surface area contributed by atoms with Crippen molar-refractivity contribution >= 4 is 23.6 Å². The van der Waals surface area contributed by atoms with Gasteiger partial charge in [-0.05, 0) is 96.1 Å². The lowest BCUT2D eigenvalue weighted by molar-refractivity contribution is -0.358. The molecule has 7 rings (SSSR count). The molecule has 61 heavy (non-hydrogen) atoms. The van der Waals surface area contributed by atoms with Crippen LogP contribution in [-0.2, 0) is 38.1 Å². The molecule has 17 nitrogen and oxygen atoms in total. The van der Waals surface area contributed by atoms with Gasteiger partial charge in [-0.2, -0.15) is 0 Å². The molecule has 16 atom stereocenters. The molecule has 2 saturated heterocycles. The van der Waals surface area contributed by atoms with Crippen molar-refractivity contribution in [2.24, 2.45) is 34.5 Å².